The molecule has 0 spiro atoms. The van der Waals surface area contributed by atoms with Crippen molar-refractivity contribution >= 4 is 22.6 Å². The van der Waals surface area contributed by atoms with Crippen LogP contribution in [-0.4, -0.2) is 19.3 Å². The molecule has 0 aliphatic heterocycles. The lowest BCUT2D eigenvalue weighted by Crippen LogP contribution is -2.25. The molecule has 4 heteroatoms. The molecule has 3 nitrogen and oxygen atoms in total. The molecule has 0 unspecified atom stereocenters. The molecule has 2 rings (SSSR count). The third kappa shape index (κ3) is 4.25. The van der Waals surface area contributed by atoms with Gasteiger partial charge in [0.05, 0.1) is 16.8 Å². The molecule has 0 radical (unpaired) electrons. The molecule has 0 saturated heterocycles. The molecule has 0 bridgehead atoms. The summed E-state index contributed by atoms with van der Waals surface area (Å²) in [6, 6.07) is 4.99. The predicted octanol–water partition coefficient (Wildman–Crippen LogP) is 4.12. The van der Waals surface area contributed by atoms with Gasteiger partial charge in [0.1, 0.15) is 0 Å². The van der Waals surface area contributed by atoms with E-state index in [1.165, 1.54) is 31.2 Å². The highest BCUT2D eigenvalue weighted by Gasteiger charge is 2.15. The number of benzene rings is 1. The van der Waals surface area contributed by atoms with Crippen LogP contribution in [0, 0.1) is 3.57 Å². The van der Waals surface area contributed by atoms with Gasteiger partial charge in [-0.2, -0.15) is 0 Å². The predicted molar refractivity (Wildman–Crippen MR) is 90.6 cm³/mol. The average Bonchev–Trinajstić information content (AvgIpc) is 2.94. The van der Waals surface area contributed by atoms with Crippen molar-refractivity contribution in [2.24, 2.45) is 0 Å². The number of nitrogens with one attached hydrogen (secondary N) is 1. The third-order valence-electron chi connectivity index (χ3n) is 3.61. The fourth-order valence-corrected chi connectivity index (χ4v) is 3.48. The second kappa shape index (κ2) is 8.08. The minimum Gasteiger partial charge on any atom is -0.490 e. The Morgan fingerprint density at radius 2 is 1.85 bits per heavy atom. The summed E-state index contributed by atoms with van der Waals surface area (Å²) < 4.78 is 12.5. The van der Waals surface area contributed by atoms with Crippen molar-refractivity contribution in [3.8, 4) is 11.5 Å². The van der Waals surface area contributed by atoms with Gasteiger partial charge in [-0.25, -0.2) is 0 Å². The largest absolute Gasteiger partial charge is 0.490 e. The lowest BCUT2D eigenvalue weighted by Gasteiger charge is -2.16. The summed E-state index contributed by atoms with van der Waals surface area (Å²) in [4.78, 5) is 0. The fraction of sp³-hybridized carbons (Fsp3) is 0.625. The average molecular weight is 389 g/mol. The van der Waals surface area contributed by atoms with Gasteiger partial charge in [-0.05, 0) is 67.0 Å². The molecule has 0 amide bonds. The van der Waals surface area contributed by atoms with Crippen molar-refractivity contribution in [2.75, 3.05) is 13.2 Å². The van der Waals surface area contributed by atoms with Crippen molar-refractivity contribution in [1.82, 2.24) is 5.32 Å². The van der Waals surface area contributed by atoms with E-state index in [2.05, 4.69) is 40.0 Å². The topological polar surface area (TPSA) is 30.5 Å². The maximum absolute atomic E-state index is 5.73. The molecular weight excluding hydrogens is 365 g/mol. The number of halogens is 1. The van der Waals surface area contributed by atoms with E-state index >= 15 is 0 Å². The first-order chi connectivity index (χ1) is 9.74. The van der Waals surface area contributed by atoms with Gasteiger partial charge in [0.25, 0.3) is 0 Å². The van der Waals surface area contributed by atoms with Crippen molar-refractivity contribution < 1.29 is 9.47 Å². The van der Waals surface area contributed by atoms with Gasteiger partial charge in [-0.1, -0.05) is 12.8 Å². The molecule has 1 N–H and O–H groups in total. The fourth-order valence-electron chi connectivity index (χ4n) is 2.66. The normalized spacial score (nSPS) is 15.6. The molecule has 20 heavy (non-hydrogen) atoms. The van der Waals surface area contributed by atoms with Crippen LogP contribution in [0.1, 0.15) is 45.1 Å². The molecule has 0 aromatic heterocycles. The molecule has 0 heterocycles. The second-order valence-corrected chi connectivity index (χ2v) is 6.30. The molecule has 1 aliphatic rings. The van der Waals surface area contributed by atoms with E-state index in [1.807, 2.05) is 13.8 Å². The Balaban J connectivity index is 2.08. The number of ether oxygens (including phenoxy) is 2. The number of hydrogen-bond acceptors (Lipinski definition) is 3. The summed E-state index contributed by atoms with van der Waals surface area (Å²) in [6.07, 6.45) is 5.35. The zero-order chi connectivity index (χ0) is 14.4. The maximum atomic E-state index is 5.73. The van der Waals surface area contributed by atoms with Crippen molar-refractivity contribution in [3.63, 3.8) is 0 Å². The van der Waals surface area contributed by atoms with Crippen molar-refractivity contribution in [1.29, 1.82) is 0 Å². The molecule has 1 aliphatic carbocycles. The van der Waals surface area contributed by atoms with E-state index in [0.717, 1.165) is 21.6 Å². The van der Waals surface area contributed by atoms with Crippen LogP contribution in [0.4, 0.5) is 0 Å². The van der Waals surface area contributed by atoms with Gasteiger partial charge in [0.15, 0.2) is 11.5 Å². The zero-order valence-electron chi connectivity index (χ0n) is 12.4. The summed E-state index contributed by atoms with van der Waals surface area (Å²) >= 11 is 2.33. The SMILES string of the molecule is CCOc1cc(CNC2CCCC2)cc(I)c1OCC. The van der Waals surface area contributed by atoms with E-state index in [4.69, 9.17) is 9.47 Å². The van der Waals surface area contributed by atoms with E-state index in [9.17, 15) is 0 Å². The molecule has 1 aromatic rings. The molecule has 0 atom stereocenters. The van der Waals surface area contributed by atoms with Gasteiger partial charge in [0, 0.05) is 12.6 Å². The Morgan fingerprint density at radius 3 is 2.50 bits per heavy atom. The lowest BCUT2D eigenvalue weighted by atomic mass is 10.1. The Hall–Kier alpha value is -0.490. The van der Waals surface area contributed by atoms with Crippen LogP contribution in [-0.2, 0) is 6.54 Å². The Kier molecular flexibility index (Phi) is 6.42. The van der Waals surface area contributed by atoms with Crippen LogP contribution in [0.3, 0.4) is 0 Å². The Bertz CT molecular complexity index is 431. The van der Waals surface area contributed by atoms with Gasteiger partial charge in [-0.3, -0.25) is 0 Å². The first-order valence-corrected chi connectivity index (χ1v) is 8.63. The van der Waals surface area contributed by atoms with Crippen LogP contribution in [0.25, 0.3) is 0 Å². The van der Waals surface area contributed by atoms with Crippen LogP contribution in [0.2, 0.25) is 0 Å². The highest BCUT2D eigenvalue weighted by molar-refractivity contribution is 14.1. The quantitative estimate of drug-likeness (QED) is 0.712. The van der Waals surface area contributed by atoms with Crippen LogP contribution in [0.5, 0.6) is 11.5 Å². The molecule has 1 aromatic carbocycles. The summed E-state index contributed by atoms with van der Waals surface area (Å²) in [7, 11) is 0. The third-order valence-corrected chi connectivity index (χ3v) is 4.41. The van der Waals surface area contributed by atoms with E-state index in [1.54, 1.807) is 0 Å². The second-order valence-electron chi connectivity index (χ2n) is 5.13. The van der Waals surface area contributed by atoms with Crippen LogP contribution in [0.15, 0.2) is 12.1 Å². The summed E-state index contributed by atoms with van der Waals surface area (Å²) in [5.74, 6) is 1.74. The standard InChI is InChI=1S/C16H24INO2/c1-3-19-15-10-12(9-14(17)16(15)20-4-2)11-18-13-7-5-6-8-13/h9-10,13,18H,3-8,11H2,1-2H3. The highest BCUT2D eigenvalue weighted by atomic mass is 127. The monoisotopic (exact) mass is 389 g/mol. The summed E-state index contributed by atoms with van der Waals surface area (Å²) in [6.45, 7) is 6.24. The number of rotatable bonds is 7. The molecule has 112 valence electrons. The first kappa shape index (κ1) is 15.9. The molecule has 1 saturated carbocycles. The van der Waals surface area contributed by atoms with E-state index in [-0.39, 0.29) is 0 Å². The molecular formula is C16H24INO2. The smallest absolute Gasteiger partial charge is 0.174 e. The lowest BCUT2D eigenvalue weighted by molar-refractivity contribution is 0.285. The van der Waals surface area contributed by atoms with E-state index < -0.39 is 0 Å². The molecule has 1 fully saturated rings. The van der Waals surface area contributed by atoms with Gasteiger partial charge >= 0.3 is 0 Å². The maximum Gasteiger partial charge on any atom is 0.174 e. The van der Waals surface area contributed by atoms with Crippen molar-refractivity contribution in [3.05, 3.63) is 21.3 Å². The van der Waals surface area contributed by atoms with Crippen molar-refractivity contribution in [2.45, 2.75) is 52.1 Å². The van der Waals surface area contributed by atoms with Gasteiger partial charge in [0.2, 0.25) is 0 Å². The zero-order valence-corrected chi connectivity index (χ0v) is 14.5. The van der Waals surface area contributed by atoms with Gasteiger partial charge in [-0.15, -0.1) is 0 Å². The Labute approximate surface area is 135 Å². The number of hydrogen-bond donors (Lipinski definition) is 1. The first-order valence-electron chi connectivity index (χ1n) is 7.56. The minimum atomic E-state index is 0.662. The summed E-state index contributed by atoms with van der Waals surface area (Å²) in [5.41, 5.74) is 1.27. The van der Waals surface area contributed by atoms with E-state index in [0.29, 0.717) is 19.3 Å². The summed E-state index contributed by atoms with van der Waals surface area (Å²) in [5, 5.41) is 3.65. The minimum absolute atomic E-state index is 0.662. The van der Waals surface area contributed by atoms with Crippen LogP contribution >= 0.6 is 22.6 Å². The highest BCUT2D eigenvalue weighted by Crippen LogP contribution is 2.34. The Morgan fingerprint density at radius 1 is 1.15 bits per heavy atom. The van der Waals surface area contributed by atoms with Gasteiger partial charge < -0.3 is 14.8 Å². The van der Waals surface area contributed by atoms with Crippen LogP contribution < -0.4 is 14.8 Å².